The summed E-state index contributed by atoms with van der Waals surface area (Å²) in [6.07, 6.45) is 8.84. The molecule has 2 aliphatic carbocycles. The highest BCUT2D eigenvalue weighted by Gasteiger charge is 2.15. The molecule has 4 aromatic rings. The Balaban J connectivity index is 0.000000122. The summed E-state index contributed by atoms with van der Waals surface area (Å²) >= 11 is 0. The average molecular weight is 470 g/mol. The van der Waals surface area contributed by atoms with Gasteiger partial charge in [-0.2, -0.15) is 0 Å². The zero-order valence-electron chi connectivity index (χ0n) is 19.1. The van der Waals surface area contributed by atoms with Gasteiger partial charge >= 0.3 is 0 Å². The molecule has 8 rings (SSSR count). The first-order valence-corrected chi connectivity index (χ1v) is 11.7. The van der Waals surface area contributed by atoms with E-state index in [1.165, 1.54) is 0 Å². The molecule has 0 saturated heterocycles. The van der Waals surface area contributed by atoms with Gasteiger partial charge in [-0.1, -0.05) is 12.2 Å². The molecule has 0 unspecified atom stereocenters. The van der Waals surface area contributed by atoms with Gasteiger partial charge in [-0.15, -0.1) is 0 Å². The van der Waals surface area contributed by atoms with Crippen LogP contribution in [0.2, 0.25) is 0 Å². The third-order valence-corrected chi connectivity index (χ3v) is 6.71. The topological polar surface area (TPSA) is 109 Å². The van der Waals surface area contributed by atoms with Crippen LogP contribution in [0, 0.1) is 0 Å². The molecule has 0 amide bonds. The molecule has 0 radical (unpaired) electrons. The van der Waals surface area contributed by atoms with Gasteiger partial charge in [0, 0.05) is 36.5 Å². The van der Waals surface area contributed by atoms with Crippen molar-refractivity contribution in [1.82, 2.24) is 9.97 Å². The van der Waals surface area contributed by atoms with E-state index >= 15 is 0 Å². The van der Waals surface area contributed by atoms with Crippen LogP contribution >= 0.6 is 0 Å². The van der Waals surface area contributed by atoms with Gasteiger partial charge in [-0.05, 0) is 47.5 Å². The SMILES string of the molecule is O=C1CC=c2nc3ccc4c(c3cc2C1)N=CN=4.O=C1CC=c2nc3ccc4c(c3cc2C1)N=CN=4. The molecule has 0 spiro atoms. The van der Waals surface area contributed by atoms with Crippen molar-refractivity contribution < 1.29 is 9.59 Å². The minimum Gasteiger partial charge on any atom is -0.299 e. The largest absolute Gasteiger partial charge is 0.299 e. The molecule has 2 aromatic heterocycles. The van der Waals surface area contributed by atoms with Gasteiger partial charge in [0.05, 0.1) is 43.8 Å². The molecular formula is C28H18N6O2. The van der Waals surface area contributed by atoms with Crippen LogP contribution in [0.3, 0.4) is 0 Å². The Labute approximate surface area is 203 Å². The van der Waals surface area contributed by atoms with Crippen LogP contribution in [0.15, 0.2) is 56.4 Å². The van der Waals surface area contributed by atoms with Crippen LogP contribution in [0.4, 0.5) is 11.4 Å². The Morgan fingerprint density at radius 2 is 1.08 bits per heavy atom. The number of ketones is 2. The maximum Gasteiger partial charge on any atom is 0.141 e. The lowest BCUT2D eigenvalue weighted by atomic mass is 9.99. The van der Waals surface area contributed by atoms with E-state index in [-0.39, 0.29) is 11.6 Å². The zero-order valence-corrected chi connectivity index (χ0v) is 19.1. The molecule has 172 valence electrons. The quantitative estimate of drug-likeness (QED) is 0.389. The maximum absolute atomic E-state index is 11.5. The van der Waals surface area contributed by atoms with Crippen LogP contribution in [0.25, 0.3) is 34.0 Å². The van der Waals surface area contributed by atoms with Gasteiger partial charge in [-0.25, -0.2) is 29.9 Å². The van der Waals surface area contributed by atoms with Gasteiger partial charge in [0.1, 0.15) is 24.2 Å². The number of carbonyl (C=O) groups is 2. The lowest BCUT2D eigenvalue weighted by Crippen LogP contribution is -2.22. The van der Waals surface area contributed by atoms with Crippen molar-refractivity contribution in [2.45, 2.75) is 25.7 Å². The highest BCUT2D eigenvalue weighted by Crippen LogP contribution is 2.24. The summed E-state index contributed by atoms with van der Waals surface area (Å²) in [7, 11) is 0. The summed E-state index contributed by atoms with van der Waals surface area (Å²) in [6.45, 7) is 0. The van der Waals surface area contributed by atoms with E-state index in [0.29, 0.717) is 25.7 Å². The summed E-state index contributed by atoms with van der Waals surface area (Å²) in [5, 5.41) is 5.56. The minimum absolute atomic E-state index is 0.240. The van der Waals surface area contributed by atoms with Crippen LogP contribution in [-0.2, 0) is 22.4 Å². The first-order valence-electron chi connectivity index (χ1n) is 11.7. The number of rotatable bonds is 0. The summed E-state index contributed by atoms with van der Waals surface area (Å²) in [6, 6.07) is 11.8. The maximum atomic E-state index is 11.5. The van der Waals surface area contributed by atoms with E-state index < -0.39 is 0 Å². The summed E-state index contributed by atoms with van der Waals surface area (Å²) < 4.78 is 0. The van der Waals surface area contributed by atoms with E-state index in [1.807, 2.05) is 48.6 Å². The number of hydrogen-bond donors (Lipinski definition) is 0. The molecule has 0 fully saturated rings. The van der Waals surface area contributed by atoms with E-state index in [1.54, 1.807) is 12.7 Å². The Kier molecular flexibility index (Phi) is 4.54. The Morgan fingerprint density at radius 3 is 1.56 bits per heavy atom. The van der Waals surface area contributed by atoms with E-state index in [4.69, 9.17) is 0 Å². The first kappa shape index (κ1) is 20.6. The van der Waals surface area contributed by atoms with E-state index in [0.717, 1.165) is 65.7 Å². The van der Waals surface area contributed by atoms with E-state index in [2.05, 4.69) is 29.9 Å². The van der Waals surface area contributed by atoms with Crippen molar-refractivity contribution in [2.75, 3.05) is 0 Å². The van der Waals surface area contributed by atoms with Crippen molar-refractivity contribution in [3.63, 3.8) is 0 Å². The average Bonchev–Trinajstić information content (AvgIpc) is 3.57. The Morgan fingerprint density at radius 1 is 0.611 bits per heavy atom. The summed E-state index contributed by atoms with van der Waals surface area (Å²) in [4.78, 5) is 49.1. The summed E-state index contributed by atoms with van der Waals surface area (Å²) in [5.41, 5.74) is 5.53. The minimum atomic E-state index is 0.240. The molecule has 4 heterocycles. The number of aliphatic imine (C=N–C) groups is 2. The highest BCUT2D eigenvalue weighted by molar-refractivity contribution is 5.96. The molecular weight excluding hydrogens is 452 g/mol. The predicted molar refractivity (Wildman–Crippen MR) is 137 cm³/mol. The number of nitrogens with zero attached hydrogens (tertiary/aromatic N) is 6. The van der Waals surface area contributed by atoms with Crippen LogP contribution in [0.1, 0.15) is 24.0 Å². The lowest BCUT2D eigenvalue weighted by molar-refractivity contribution is -0.118. The van der Waals surface area contributed by atoms with Crippen molar-refractivity contribution in [1.29, 1.82) is 0 Å². The highest BCUT2D eigenvalue weighted by atomic mass is 16.1. The summed E-state index contributed by atoms with van der Waals surface area (Å²) in [5.74, 6) is 0.480. The third kappa shape index (κ3) is 3.38. The zero-order chi connectivity index (χ0) is 24.2. The second-order valence-electron chi connectivity index (χ2n) is 9.06. The number of fused-ring (bicyclic) bond motifs is 8. The molecule has 2 aliphatic heterocycles. The van der Waals surface area contributed by atoms with Crippen molar-refractivity contribution in [3.8, 4) is 0 Å². The van der Waals surface area contributed by atoms with Gasteiger partial charge in [0.15, 0.2) is 0 Å². The van der Waals surface area contributed by atoms with Gasteiger partial charge in [0.2, 0.25) is 0 Å². The van der Waals surface area contributed by atoms with Gasteiger partial charge in [0.25, 0.3) is 0 Å². The smallest absolute Gasteiger partial charge is 0.141 e. The van der Waals surface area contributed by atoms with Gasteiger partial charge in [-0.3, -0.25) is 9.59 Å². The molecule has 4 aliphatic rings. The normalized spacial score (nSPS) is 16.1. The number of pyridine rings is 2. The molecule has 36 heavy (non-hydrogen) atoms. The molecule has 2 aromatic carbocycles. The fraction of sp³-hybridized carbons (Fsp3) is 0.143. The standard InChI is InChI=1S/2C14H9N3O/c2*18-9-1-2-11-8(5-9)6-10-12(17-11)3-4-13-14(10)16-7-15-13/h2*2-4,6-7H,1,5H2. The van der Waals surface area contributed by atoms with Crippen LogP contribution in [0.5, 0.6) is 0 Å². The number of aromatic nitrogens is 2. The number of carbonyl (C=O) groups excluding carboxylic acids is 2. The second kappa shape index (κ2) is 7.91. The monoisotopic (exact) mass is 470 g/mol. The van der Waals surface area contributed by atoms with E-state index in [9.17, 15) is 9.59 Å². The number of Topliss-reactive ketones (excluding diaryl/α,β-unsaturated/α-hetero) is 2. The Bertz CT molecular complexity index is 1840. The molecule has 0 bridgehead atoms. The fourth-order valence-electron chi connectivity index (χ4n) is 4.95. The first-order chi connectivity index (χ1) is 17.6. The fourth-order valence-corrected chi connectivity index (χ4v) is 4.95. The van der Waals surface area contributed by atoms with Crippen LogP contribution < -0.4 is 21.4 Å². The van der Waals surface area contributed by atoms with Gasteiger partial charge < -0.3 is 0 Å². The number of benzene rings is 2. The third-order valence-electron chi connectivity index (χ3n) is 6.71. The predicted octanol–water partition coefficient (Wildman–Crippen LogP) is 1.65. The van der Waals surface area contributed by atoms with Crippen molar-refractivity contribution >= 4 is 69.6 Å². The molecule has 0 N–H and O–H groups in total. The Hall–Kier alpha value is -4.72. The molecule has 0 atom stereocenters. The lowest BCUT2D eigenvalue weighted by Gasteiger charge is -2.09. The molecule has 8 heteroatoms. The second-order valence-corrected chi connectivity index (χ2v) is 9.06. The number of hydrogen-bond acceptors (Lipinski definition) is 8. The van der Waals surface area contributed by atoms with Crippen LogP contribution in [-0.4, -0.2) is 34.2 Å². The molecule has 8 nitrogen and oxygen atoms in total. The van der Waals surface area contributed by atoms with Crippen molar-refractivity contribution in [3.05, 3.63) is 68.9 Å². The van der Waals surface area contributed by atoms with Crippen molar-refractivity contribution in [2.24, 2.45) is 20.0 Å². The molecule has 0 saturated carbocycles.